The molecule has 0 aliphatic carbocycles. The minimum atomic E-state index is -0.138. The lowest BCUT2D eigenvalue weighted by Crippen LogP contribution is -2.13. The molecule has 4 rings (SSSR count). The van der Waals surface area contributed by atoms with Gasteiger partial charge in [0.1, 0.15) is 0 Å². The van der Waals surface area contributed by atoms with Gasteiger partial charge in [-0.1, -0.05) is 47.5 Å². The summed E-state index contributed by atoms with van der Waals surface area (Å²) in [4.78, 5) is 24.3. The first-order valence-electron chi connectivity index (χ1n) is 9.23. The number of nitrogens with zero attached hydrogens (tertiary/aromatic N) is 2. The van der Waals surface area contributed by atoms with Gasteiger partial charge in [-0.05, 0) is 42.7 Å². The van der Waals surface area contributed by atoms with Gasteiger partial charge in [0.15, 0.2) is 5.82 Å². The molecule has 4 aromatic rings. The first kappa shape index (κ1) is 19.4. The number of fused-ring (bicyclic) bond motifs is 1. The van der Waals surface area contributed by atoms with E-state index < -0.39 is 0 Å². The Morgan fingerprint density at radius 2 is 1.90 bits per heavy atom. The quantitative estimate of drug-likeness (QED) is 0.405. The van der Waals surface area contributed by atoms with Crippen LogP contribution < -0.4 is 5.32 Å². The number of benzene rings is 1. The van der Waals surface area contributed by atoms with E-state index >= 15 is 0 Å². The summed E-state index contributed by atoms with van der Waals surface area (Å²) in [6.45, 7) is 0. The number of halogens is 2. The number of carbonyl (C=O) groups is 1. The number of anilines is 1. The summed E-state index contributed by atoms with van der Waals surface area (Å²) in [6, 6.07) is 15.5. The Bertz CT molecular complexity index is 1160. The van der Waals surface area contributed by atoms with Crippen molar-refractivity contribution in [3.63, 3.8) is 0 Å². The average molecular weight is 425 g/mol. The predicted octanol–water partition coefficient (Wildman–Crippen LogP) is 5.89. The largest absolute Gasteiger partial charge is 0.353 e. The zero-order chi connectivity index (χ0) is 20.2. The second-order valence-corrected chi connectivity index (χ2v) is 7.47. The van der Waals surface area contributed by atoms with Crippen LogP contribution in [0.2, 0.25) is 10.0 Å². The first-order valence-corrected chi connectivity index (χ1v) is 9.99. The van der Waals surface area contributed by atoms with Crippen LogP contribution in [-0.2, 0) is 11.2 Å². The molecule has 146 valence electrons. The molecule has 3 heterocycles. The van der Waals surface area contributed by atoms with Gasteiger partial charge in [-0.15, -0.1) is 0 Å². The maximum atomic E-state index is 12.3. The lowest BCUT2D eigenvalue weighted by atomic mass is 10.0. The van der Waals surface area contributed by atoms with Crippen LogP contribution in [0, 0.1) is 0 Å². The van der Waals surface area contributed by atoms with Crippen LogP contribution in [0.25, 0.3) is 22.3 Å². The maximum Gasteiger partial charge on any atom is 0.225 e. The molecule has 0 spiro atoms. The Balaban J connectivity index is 1.49. The van der Waals surface area contributed by atoms with Crippen molar-refractivity contribution in [2.75, 3.05) is 5.32 Å². The molecule has 0 radical (unpaired) electrons. The van der Waals surface area contributed by atoms with E-state index in [0.717, 1.165) is 34.3 Å². The first-order chi connectivity index (χ1) is 14.1. The van der Waals surface area contributed by atoms with Gasteiger partial charge in [0.2, 0.25) is 5.91 Å². The molecule has 0 unspecified atom stereocenters. The van der Waals surface area contributed by atoms with E-state index in [1.807, 2.05) is 36.4 Å². The number of para-hydroxylation sites is 1. The molecule has 3 aromatic heterocycles. The molecule has 7 heteroatoms. The molecule has 0 aliphatic rings. The fourth-order valence-electron chi connectivity index (χ4n) is 3.32. The fraction of sp³-hybridized carbons (Fsp3) is 0.136. The number of rotatable bonds is 6. The van der Waals surface area contributed by atoms with Gasteiger partial charge in [0.05, 0.1) is 21.4 Å². The summed E-state index contributed by atoms with van der Waals surface area (Å²) in [6.07, 6.45) is 5.00. The highest BCUT2D eigenvalue weighted by atomic mass is 35.5. The number of pyridine rings is 2. The third-order valence-electron chi connectivity index (χ3n) is 4.63. The van der Waals surface area contributed by atoms with Crippen molar-refractivity contribution in [2.45, 2.75) is 19.3 Å². The number of aryl methyl sites for hydroxylation is 1. The number of carbonyl (C=O) groups excluding carboxylic acids is 1. The van der Waals surface area contributed by atoms with Crippen molar-refractivity contribution in [2.24, 2.45) is 0 Å². The molecular weight excluding hydrogens is 407 g/mol. The molecule has 29 heavy (non-hydrogen) atoms. The van der Waals surface area contributed by atoms with E-state index in [2.05, 4.69) is 26.3 Å². The van der Waals surface area contributed by atoms with Crippen LogP contribution in [0.1, 0.15) is 18.4 Å². The number of hydrogen-bond donors (Lipinski definition) is 2. The molecule has 1 amide bonds. The lowest BCUT2D eigenvalue weighted by molar-refractivity contribution is -0.116. The van der Waals surface area contributed by atoms with Crippen molar-refractivity contribution in [1.82, 2.24) is 15.0 Å². The van der Waals surface area contributed by atoms with Gasteiger partial charge in [0.25, 0.3) is 0 Å². The van der Waals surface area contributed by atoms with Gasteiger partial charge in [0, 0.05) is 29.7 Å². The number of nitrogens with one attached hydrogen (secondary N) is 2. The van der Waals surface area contributed by atoms with Crippen molar-refractivity contribution >= 4 is 45.8 Å². The summed E-state index contributed by atoms with van der Waals surface area (Å²) in [5, 5.41) is 4.63. The fourth-order valence-corrected chi connectivity index (χ4v) is 3.74. The third-order valence-corrected chi connectivity index (χ3v) is 5.13. The number of H-pyrrole nitrogens is 1. The molecule has 2 N–H and O–H groups in total. The van der Waals surface area contributed by atoms with Crippen molar-refractivity contribution < 1.29 is 4.79 Å². The second-order valence-electron chi connectivity index (χ2n) is 6.62. The Morgan fingerprint density at radius 3 is 2.69 bits per heavy atom. The van der Waals surface area contributed by atoms with E-state index in [1.165, 1.54) is 6.20 Å². The van der Waals surface area contributed by atoms with Crippen LogP contribution in [0.3, 0.4) is 0 Å². The monoisotopic (exact) mass is 424 g/mol. The second kappa shape index (κ2) is 8.64. The highest BCUT2D eigenvalue weighted by Gasteiger charge is 2.14. The van der Waals surface area contributed by atoms with E-state index in [4.69, 9.17) is 23.2 Å². The average Bonchev–Trinajstić information content (AvgIpc) is 3.10. The summed E-state index contributed by atoms with van der Waals surface area (Å²) >= 11 is 11.9. The van der Waals surface area contributed by atoms with Gasteiger partial charge in [-0.2, -0.15) is 0 Å². The number of hydrogen-bond acceptors (Lipinski definition) is 3. The topological polar surface area (TPSA) is 70.7 Å². The van der Waals surface area contributed by atoms with Crippen LogP contribution in [-0.4, -0.2) is 20.9 Å². The summed E-state index contributed by atoms with van der Waals surface area (Å²) in [5.74, 6) is 0.184. The molecule has 0 saturated heterocycles. The lowest BCUT2D eigenvalue weighted by Gasteiger charge is -2.07. The molecule has 1 aromatic carbocycles. The smallest absolute Gasteiger partial charge is 0.225 e. The Hall–Kier alpha value is -2.89. The van der Waals surface area contributed by atoms with E-state index in [0.29, 0.717) is 28.7 Å². The number of aromatic nitrogens is 3. The zero-order valence-corrected chi connectivity index (χ0v) is 17.0. The molecule has 0 saturated carbocycles. The predicted molar refractivity (Wildman–Crippen MR) is 117 cm³/mol. The van der Waals surface area contributed by atoms with Crippen LogP contribution in [0.4, 0.5) is 5.82 Å². The molecule has 0 bridgehead atoms. The molecule has 0 fully saturated rings. The van der Waals surface area contributed by atoms with Crippen molar-refractivity contribution in [3.8, 4) is 11.4 Å². The molecular formula is C22H18Cl2N4O. The van der Waals surface area contributed by atoms with Crippen LogP contribution in [0.15, 0.2) is 60.9 Å². The van der Waals surface area contributed by atoms with Crippen LogP contribution in [0.5, 0.6) is 0 Å². The molecule has 0 atom stereocenters. The Morgan fingerprint density at radius 1 is 1.07 bits per heavy atom. The molecule has 0 aliphatic heterocycles. The maximum absolute atomic E-state index is 12.3. The van der Waals surface area contributed by atoms with Crippen molar-refractivity contribution in [1.29, 1.82) is 0 Å². The highest BCUT2D eigenvalue weighted by Crippen LogP contribution is 2.30. The standard InChI is InChI=1S/C22H18Cl2N4O/c23-14-12-17(24)22(26-13-14)28-20(29)10-5-7-16-15-6-1-2-8-18(15)27-21(16)19-9-3-4-11-25-19/h1-4,6,8-9,11-13,27H,5,7,10H2,(H,26,28,29). The SMILES string of the molecule is O=C(CCCc1c(-c2ccccn2)[nH]c2ccccc12)Nc1ncc(Cl)cc1Cl. The van der Waals surface area contributed by atoms with E-state index in [9.17, 15) is 4.79 Å². The minimum absolute atomic E-state index is 0.138. The van der Waals surface area contributed by atoms with Crippen LogP contribution >= 0.6 is 23.2 Å². The third kappa shape index (κ3) is 4.42. The number of amides is 1. The highest BCUT2D eigenvalue weighted by molar-refractivity contribution is 6.36. The van der Waals surface area contributed by atoms with Crippen molar-refractivity contribution in [3.05, 3.63) is 76.5 Å². The zero-order valence-electron chi connectivity index (χ0n) is 15.5. The normalized spacial score (nSPS) is 11.0. The Labute approximate surface area is 178 Å². The van der Waals surface area contributed by atoms with E-state index in [-0.39, 0.29) is 5.91 Å². The summed E-state index contributed by atoms with van der Waals surface area (Å²) < 4.78 is 0. The van der Waals surface area contributed by atoms with Gasteiger partial charge >= 0.3 is 0 Å². The summed E-state index contributed by atoms with van der Waals surface area (Å²) in [7, 11) is 0. The Kier molecular flexibility index (Phi) is 5.79. The van der Waals surface area contributed by atoms with E-state index in [1.54, 1.807) is 12.3 Å². The number of aromatic amines is 1. The summed E-state index contributed by atoms with van der Waals surface area (Å²) in [5.41, 5.74) is 4.11. The van der Waals surface area contributed by atoms with Gasteiger partial charge in [-0.25, -0.2) is 4.98 Å². The van der Waals surface area contributed by atoms with Gasteiger partial charge < -0.3 is 10.3 Å². The van der Waals surface area contributed by atoms with Gasteiger partial charge in [-0.3, -0.25) is 9.78 Å². The molecule has 5 nitrogen and oxygen atoms in total. The minimum Gasteiger partial charge on any atom is -0.353 e.